The minimum atomic E-state index is 0.0150. The predicted molar refractivity (Wildman–Crippen MR) is 79.1 cm³/mol. The summed E-state index contributed by atoms with van der Waals surface area (Å²) in [5.41, 5.74) is 8.17. The number of nitrogens with two attached hydrogens (primary N) is 1. The van der Waals surface area contributed by atoms with Crippen LogP contribution in [0, 0.1) is 12.8 Å². The molecule has 0 spiro atoms. The first-order valence-corrected chi connectivity index (χ1v) is 7.25. The molecule has 1 aromatic carbocycles. The minimum absolute atomic E-state index is 0.0150. The molecule has 1 aromatic rings. The summed E-state index contributed by atoms with van der Waals surface area (Å²) in [5.74, 6) is 0.647. The minimum Gasteiger partial charge on any atom is -0.399 e. The van der Waals surface area contributed by atoms with Crippen LogP contribution < -0.4 is 11.1 Å². The topological polar surface area (TPSA) is 55.1 Å². The molecule has 1 amide bonds. The van der Waals surface area contributed by atoms with Crippen molar-refractivity contribution in [3.8, 4) is 0 Å². The summed E-state index contributed by atoms with van der Waals surface area (Å²) < 4.78 is 0. The molecule has 19 heavy (non-hydrogen) atoms. The third-order valence-electron chi connectivity index (χ3n) is 4.25. The van der Waals surface area contributed by atoms with Crippen molar-refractivity contribution in [3.63, 3.8) is 0 Å². The standard InChI is InChI=1S/C16H24N2O/c1-11-10-14(8-9-15(11)17)16(19)18-12(2)13-6-4-3-5-7-13/h8-10,12-13H,3-7,17H2,1-2H3,(H,18,19)/t12-/m1/s1. The SMILES string of the molecule is Cc1cc(C(=O)N[C@H](C)C2CCCCC2)ccc1N. The Balaban J connectivity index is 1.97. The number of anilines is 1. The average molecular weight is 260 g/mol. The molecule has 3 nitrogen and oxygen atoms in total. The summed E-state index contributed by atoms with van der Waals surface area (Å²) in [6.45, 7) is 4.05. The van der Waals surface area contributed by atoms with E-state index in [4.69, 9.17) is 5.73 Å². The van der Waals surface area contributed by atoms with Crippen molar-refractivity contribution in [2.45, 2.75) is 52.0 Å². The van der Waals surface area contributed by atoms with E-state index >= 15 is 0 Å². The van der Waals surface area contributed by atoms with Crippen LogP contribution in [-0.2, 0) is 0 Å². The first kappa shape index (κ1) is 13.9. The van der Waals surface area contributed by atoms with Crippen LogP contribution in [0.5, 0.6) is 0 Å². The van der Waals surface area contributed by atoms with E-state index in [9.17, 15) is 4.79 Å². The number of aryl methyl sites for hydroxylation is 1. The molecule has 1 atom stereocenters. The van der Waals surface area contributed by atoms with Gasteiger partial charge in [0.05, 0.1) is 0 Å². The molecule has 2 rings (SSSR count). The Bertz CT molecular complexity index is 450. The van der Waals surface area contributed by atoms with Crippen LogP contribution in [0.25, 0.3) is 0 Å². The first-order chi connectivity index (χ1) is 9.08. The monoisotopic (exact) mass is 260 g/mol. The molecule has 0 heterocycles. The van der Waals surface area contributed by atoms with Crippen LogP contribution in [0.15, 0.2) is 18.2 Å². The van der Waals surface area contributed by atoms with Gasteiger partial charge in [0.1, 0.15) is 0 Å². The number of rotatable bonds is 3. The van der Waals surface area contributed by atoms with Gasteiger partial charge in [-0.2, -0.15) is 0 Å². The van der Waals surface area contributed by atoms with E-state index in [1.54, 1.807) is 12.1 Å². The van der Waals surface area contributed by atoms with Gasteiger partial charge in [-0.15, -0.1) is 0 Å². The molecular weight excluding hydrogens is 236 g/mol. The molecular formula is C16H24N2O. The highest BCUT2D eigenvalue weighted by Gasteiger charge is 2.21. The van der Waals surface area contributed by atoms with Gasteiger partial charge in [-0.3, -0.25) is 4.79 Å². The third-order valence-corrected chi connectivity index (χ3v) is 4.25. The maximum Gasteiger partial charge on any atom is 0.251 e. The smallest absolute Gasteiger partial charge is 0.251 e. The largest absolute Gasteiger partial charge is 0.399 e. The van der Waals surface area contributed by atoms with E-state index in [1.165, 1.54) is 32.1 Å². The Morgan fingerprint density at radius 3 is 2.63 bits per heavy atom. The fraction of sp³-hybridized carbons (Fsp3) is 0.562. The lowest BCUT2D eigenvalue weighted by Crippen LogP contribution is -2.38. The van der Waals surface area contributed by atoms with Crippen molar-refractivity contribution in [3.05, 3.63) is 29.3 Å². The number of nitrogens with one attached hydrogen (secondary N) is 1. The Labute approximate surface area is 115 Å². The number of benzene rings is 1. The zero-order valence-electron chi connectivity index (χ0n) is 11.9. The molecule has 0 bridgehead atoms. The zero-order valence-corrected chi connectivity index (χ0v) is 11.9. The van der Waals surface area contributed by atoms with Gasteiger partial charge >= 0.3 is 0 Å². The van der Waals surface area contributed by atoms with Crippen LogP contribution in [-0.4, -0.2) is 11.9 Å². The number of hydrogen-bond donors (Lipinski definition) is 2. The number of nitrogen functional groups attached to an aromatic ring is 1. The molecule has 0 unspecified atom stereocenters. The molecule has 1 aliphatic carbocycles. The van der Waals surface area contributed by atoms with E-state index < -0.39 is 0 Å². The molecule has 1 aliphatic rings. The van der Waals surface area contributed by atoms with Gasteiger partial charge in [0.2, 0.25) is 0 Å². The number of amides is 1. The van der Waals surface area contributed by atoms with Crippen molar-refractivity contribution < 1.29 is 4.79 Å². The van der Waals surface area contributed by atoms with Gasteiger partial charge < -0.3 is 11.1 Å². The van der Waals surface area contributed by atoms with Gasteiger partial charge in [-0.1, -0.05) is 19.3 Å². The highest BCUT2D eigenvalue weighted by atomic mass is 16.1. The molecule has 3 N–H and O–H groups in total. The molecule has 0 saturated heterocycles. The van der Waals surface area contributed by atoms with Crippen molar-refractivity contribution in [1.82, 2.24) is 5.32 Å². The first-order valence-electron chi connectivity index (χ1n) is 7.25. The Hall–Kier alpha value is -1.51. The molecule has 1 fully saturated rings. The van der Waals surface area contributed by atoms with Crippen molar-refractivity contribution in [2.24, 2.45) is 5.92 Å². The van der Waals surface area contributed by atoms with E-state index in [2.05, 4.69) is 12.2 Å². The lowest BCUT2D eigenvalue weighted by Gasteiger charge is -2.28. The zero-order chi connectivity index (χ0) is 13.8. The van der Waals surface area contributed by atoms with Crippen LogP contribution in [0.2, 0.25) is 0 Å². The average Bonchev–Trinajstić information content (AvgIpc) is 2.42. The fourth-order valence-electron chi connectivity index (χ4n) is 2.86. The quantitative estimate of drug-likeness (QED) is 0.819. The summed E-state index contributed by atoms with van der Waals surface area (Å²) in [6.07, 6.45) is 6.41. The van der Waals surface area contributed by atoms with Crippen LogP contribution in [0.3, 0.4) is 0 Å². The molecule has 0 radical (unpaired) electrons. The molecule has 1 saturated carbocycles. The second-order valence-electron chi connectivity index (χ2n) is 5.73. The fourth-order valence-corrected chi connectivity index (χ4v) is 2.86. The van der Waals surface area contributed by atoms with Crippen LogP contribution in [0.1, 0.15) is 54.9 Å². The summed E-state index contributed by atoms with van der Waals surface area (Å²) in [7, 11) is 0. The van der Waals surface area contributed by atoms with Gasteiger partial charge in [0.25, 0.3) is 5.91 Å². The lowest BCUT2D eigenvalue weighted by molar-refractivity contribution is 0.0919. The Kier molecular flexibility index (Phi) is 4.46. The Morgan fingerprint density at radius 2 is 2.00 bits per heavy atom. The molecule has 104 valence electrons. The maximum atomic E-state index is 12.2. The summed E-state index contributed by atoms with van der Waals surface area (Å²) in [4.78, 5) is 12.2. The molecule has 0 aliphatic heterocycles. The lowest BCUT2D eigenvalue weighted by atomic mass is 9.84. The highest BCUT2D eigenvalue weighted by Crippen LogP contribution is 2.26. The van der Waals surface area contributed by atoms with Gasteiger partial charge in [0, 0.05) is 17.3 Å². The van der Waals surface area contributed by atoms with E-state index in [1.807, 2.05) is 13.0 Å². The normalized spacial score (nSPS) is 18.0. The van der Waals surface area contributed by atoms with Gasteiger partial charge in [-0.25, -0.2) is 0 Å². The second-order valence-corrected chi connectivity index (χ2v) is 5.73. The van der Waals surface area contributed by atoms with Gasteiger partial charge in [-0.05, 0) is 56.4 Å². The molecule has 0 aromatic heterocycles. The summed E-state index contributed by atoms with van der Waals surface area (Å²) in [6, 6.07) is 5.71. The molecule has 3 heteroatoms. The number of hydrogen-bond acceptors (Lipinski definition) is 2. The van der Waals surface area contributed by atoms with Crippen LogP contribution >= 0.6 is 0 Å². The highest BCUT2D eigenvalue weighted by molar-refractivity contribution is 5.95. The Morgan fingerprint density at radius 1 is 1.32 bits per heavy atom. The summed E-state index contributed by atoms with van der Waals surface area (Å²) >= 11 is 0. The van der Waals surface area contributed by atoms with Crippen molar-refractivity contribution >= 4 is 11.6 Å². The van der Waals surface area contributed by atoms with E-state index in [-0.39, 0.29) is 11.9 Å². The number of carbonyl (C=O) groups is 1. The third kappa shape index (κ3) is 3.49. The van der Waals surface area contributed by atoms with E-state index in [0.29, 0.717) is 11.5 Å². The van der Waals surface area contributed by atoms with Crippen LogP contribution in [0.4, 0.5) is 5.69 Å². The van der Waals surface area contributed by atoms with Crippen molar-refractivity contribution in [2.75, 3.05) is 5.73 Å². The van der Waals surface area contributed by atoms with Gasteiger partial charge in [0.15, 0.2) is 0 Å². The predicted octanol–water partition coefficient (Wildman–Crippen LogP) is 3.28. The maximum absolute atomic E-state index is 12.2. The second kappa shape index (κ2) is 6.09. The summed E-state index contributed by atoms with van der Waals surface area (Å²) in [5, 5.41) is 3.13. The van der Waals surface area contributed by atoms with E-state index in [0.717, 1.165) is 11.3 Å². The van der Waals surface area contributed by atoms with Crippen molar-refractivity contribution in [1.29, 1.82) is 0 Å². The number of carbonyl (C=O) groups excluding carboxylic acids is 1.